The van der Waals surface area contributed by atoms with Gasteiger partial charge in [0.25, 0.3) is 0 Å². The first kappa shape index (κ1) is 22.4. The van der Waals surface area contributed by atoms with Crippen molar-refractivity contribution in [3.05, 3.63) is 72.6 Å². The summed E-state index contributed by atoms with van der Waals surface area (Å²) in [5.41, 5.74) is 1.87. The number of allylic oxidation sites excluding steroid dienone is 1. The number of rotatable bonds is 10. The summed E-state index contributed by atoms with van der Waals surface area (Å²) in [6, 6.07) is 15.1. The molecule has 0 aliphatic heterocycles. The molecule has 0 aliphatic carbocycles. The van der Waals surface area contributed by atoms with Gasteiger partial charge >= 0.3 is 0 Å². The highest BCUT2D eigenvalue weighted by molar-refractivity contribution is 7.99. The fourth-order valence-electron chi connectivity index (χ4n) is 2.99. The van der Waals surface area contributed by atoms with Gasteiger partial charge in [-0.05, 0) is 43.7 Å². The molecule has 0 bridgehead atoms. The molecule has 0 saturated carbocycles. The number of carbonyl (C=O) groups is 1. The van der Waals surface area contributed by atoms with E-state index >= 15 is 0 Å². The summed E-state index contributed by atoms with van der Waals surface area (Å²) in [6.45, 7) is 8.22. The number of nitrogens with zero attached hydrogens (tertiary/aromatic N) is 3. The minimum Gasteiger partial charge on any atom is -0.497 e. The van der Waals surface area contributed by atoms with E-state index in [1.165, 1.54) is 11.8 Å². The molecule has 2 aromatic carbocycles. The van der Waals surface area contributed by atoms with Crippen molar-refractivity contribution in [2.45, 2.75) is 31.7 Å². The van der Waals surface area contributed by atoms with Crippen LogP contribution in [-0.4, -0.2) is 33.5 Å². The summed E-state index contributed by atoms with van der Waals surface area (Å²) in [6.07, 6.45) is 1.41. The van der Waals surface area contributed by atoms with Crippen molar-refractivity contribution in [1.29, 1.82) is 0 Å². The highest BCUT2D eigenvalue weighted by Crippen LogP contribution is 2.27. The Morgan fingerprint density at radius 1 is 1.23 bits per heavy atom. The van der Waals surface area contributed by atoms with E-state index in [4.69, 9.17) is 9.47 Å². The van der Waals surface area contributed by atoms with Crippen LogP contribution in [0.1, 0.15) is 24.4 Å². The van der Waals surface area contributed by atoms with Crippen LogP contribution in [0, 0.1) is 6.92 Å². The highest BCUT2D eigenvalue weighted by Gasteiger charge is 2.20. The number of ether oxygens (including phenoxy) is 2. The third-order valence-electron chi connectivity index (χ3n) is 4.41. The molecule has 0 fully saturated rings. The summed E-state index contributed by atoms with van der Waals surface area (Å²) in [5.74, 6) is 2.16. The van der Waals surface area contributed by atoms with E-state index in [-0.39, 0.29) is 17.8 Å². The van der Waals surface area contributed by atoms with Gasteiger partial charge < -0.3 is 14.8 Å². The molecule has 1 N–H and O–H groups in total. The van der Waals surface area contributed by atoms with Crippen LogP contribution in [0.4, 0.5) is 5.69 Å². The zero-order valence-corrected chi connectivity index (χ0v) is 18.7. The number of benzene rings is 2. The second-order valence-corrected chi connectivity index (χ2v) is 7.83. The molecule has 1 aromatic heterocycles. The van der Waals surface area contributed by atoms with Gasteiger partial charge in [0.05, 0.1) is 12.9 Å². The quantitative estimate of drug-likeness (QED) is 0.367. The minimum atomic E-state index is -0.352. The van der Waals surface area contributed by atoms with Gasteiger partial charge in [-0.2, -0.15) is 0 Å². The second-order valence-electron chi connectivity index (χ2n) is 6.89. The maximum absolute atomic E-state index is 12.4. The number of anilines is 1. The fraction of sp³-hybridized carbons (Fsp3) is 0.261. The molecule has 1 unspecified atom stereocenters. The molecule has 0 radical (unpaired) electrons. The molecule has 8 heteroatoms. The molecule has 0 saturated heterocycles. The number of methoxy groups -OCH3 is 1. The van der Waals surface area contributed by atoms with Crippen molar-refractivity contribution < 1.29 is 14.3 Å². The number of aryl methyl sites for hydroxylation is 1. The van der Waals surface area contributed by atoms with Crippen molar-refractivity contribution in [3.63, 3.8) is 0 Å². The summed E-state index contributed by atoms with van der Waals surface area (Å²) >= 11 is 1.32. The zero-order chi connectivity index (χ0) is 22.2. The summed E-state index contributed by atoms with van der Waals surface area (Å²) < 4.78 is 13.2. The topological polar surface area (TPSA) is 78.3 Å². The summed E-state index contributed by atoms with van der Waals surface area (Å²) in [4.78, 5) is 12.4. The molecular weight excluding hydrogens is 412 g/mol. The molecule has 3 aromatic rings. The van der Waals surface area contributed by atoms with Crippen molar-refractivity contribution in [2.75, 3.05) is 18.2 Å². The Morgan fingerprint density at radius 2 is 2.00 bits per heavy atom. The Kier molecular flexibility index (Phi) is 7.72. The average molecular weight is 439 g/mol. The number of hydrogen-bond donors (Lipinski definition) is 1. The van der Waals surface area contributed by atoms with Crippen molar-refractivity contribution in [1.82, 2.24) is 14.8 Å². The predicted molar refractivity (Wildman–Crippen MR) is 123 cm³/mol. The number of thioether (sulfide) groups is 1. The van der Waals surface area contributed by atoms with Crippen molar-refractivity contribution in [3.8, 4) is 11.5 Å². The van der Waals surface area contributed by atoms with Gasteiger partial charge in [-0.15, -0.1) is 16.8 Å². The standard InChI is InChI=1S/C23H26N4O3S/c1-5-12-27-22(17(3)30-20-11-7-10-19(14-20)29-4)25-26-23(27)31-15-21(28)24-18-9-6-8-16(2)13-18/h5-11,13-14,17H,1,12,15H2,2-4H3,(H,24,28). The van der Waals surface area contributed by atoms with Crippen LogP contribution in [-0.2, 0) is 11.3 Å². The van der Waals surface area contributed by atoms with E-state index < -0.39 is 0 Å². The average Bonchev–Trinajstić information content (AvgIpc) is 3.15. The lowest BCUT2D eigenvalue weighted by Crippen LogP contribution is -2.15. The molecule has 31 heavy (non-hydrogen) atoms. The van der Waals surface area contributed by atoms with Gasteiger partial charge in [0, 0.05) is 18.3 Å². The lowest BCUT2D eigenvalue weighted by molar-refractivity contribution is -0.113. The molecule has 1 heterocycles. The van der Waals surface area contributed by atoms with Crippen molar-refractivity contribution in [2.24, 2.45) is 0 Å². The minimum absolute atomic E-state index is 0.106. The first-order valence-corrected chi connectivity index (χ1v) is 10.8. The Balaban J connectivity index is 1.67. The second kappa shape index (κ2) is 10.7. The van der Waals surface area contributed by atoms with E-state index in [0.717, 1.165) is 11.3 Å². The third-order valence-corrected chi connectivity index (χ3v) is 5.38. The summed E-state index contributed by atoms with van der Waals surface area (Å²) in [7, 11) is 1.61. The molecule has 0 aliphatic rings. The molecular formula is C23H26N4O3S. The maximum atomic E-state index is 12.4. The lowest BCUT2D eigenvalue weighted by Gasteiger charge is -2.16. The SMILES string of the molecule is C=CCn1c(SCC(=O)Nc2cccc(C)c2)nnc1C(C)Oc1cccc(OC)c1. The summed E-state index contributed by atoms with van der Waals surface area (Å²) in [5, 5.41) is 12.1. The first-order valence-electron chi connectivity index (χ1n) is 9.84. The number of nitrogens with one attached hydrogen (secondary N) is 1. The van der Waals surface area contributed by atoms with Crippen LogP contribution < -0.4 is 14.8 Å². The first-order chi connectivity index (χ1) is 15.0. The Labute approximate surface area is 186 Å². The zero-order valence-electron chi connectivity index (χ0n) is 17.9. The Bertz CT molecular complexity index is 1050. The Hall–Kier alpha value is -3.26. The van der Waals surface area contributed by atoms with Gasteiger partial charge in [-0.3, -0.25) is 9.36 Å². The van der Waals surface area contributed by atoms with Crippen LogP contribution >= 0.6 is 11.8 Å². The van der Waals surface area contributed by atoms with Crippen LogP contribution in [0.25, 0.3) is 0 Å². The lowest BCUT2D eigenvalue weighted by atomic mass is 10.2. The van der Waals surface area contributed by atoms with E-state index in [0.29, 0.717) is 29.0 Å². The predicted octanol–water partition coefficient (Wildman–Crippen LogP) is 4.65. The van der Waals surface area contributed by atoms with E-state index in [9.17, 15) is 4.79 Å². The number of aromatic nitrogens is 3. The van der Waals surface area contributed by atoms with Gasteiger partial charge in [-0.1, -0.05) is 36.0 Å². The normalized spacial score (nSPS) is 11.6. The smallest absolute Gasteiger partial charge is 0.234 e. The van der Waals surface area contributed by atoms with Crippen LogP contribution in [0.2, 0.25) is 0 Å². The van der Waals surface area contributed by atoms with Gasteiger partial charge in [-0.25, -0.2) is 0 Å². The molecule has 0 spiro atoms. The molecule has 162 valence electrons. The van der Waals surface area contributed by atoms with Crippen LogP contribution in [0.15, 0.2) is 66.3 Å². The van der Waals surface area contributed by atoms with Crippen LogP contribution in [0.5, 0.6) is 11.5 Å². The van der Waals surface area contributed by atoms with Gasteiger partial charge in [0.1, 0.15) is 11.5 Å². The highest BCUT2D eigenvalue weighted by atomic mass is 32.2. The maximum Gasteiger partial charge on any atom is 0.234 e. The van der Waals surface area contributed by atoms with Gasteiger partial charge in [0.15, 0.2) is 17.1 Å². The molecule has 1 atom stereocenters. The monoisotopic (exact) mass is 438 g/mol. The third kappa shape index (κ3) is 6.11. The fourth-order valence-corrected chi connectivity index (χ4v) is 3.74. The number of hydrogen-bond acceptors (Lipinski definition) is 6. The van der Waals surface area contributed by atoms with Crippen molar-refractivity contribution >= 4 is 23.4 Å². The van der Waals surface area contributed by atoms with Gasteiger partial charge in [0.2, 0.25) is 5.91 Å². The van der Waals surface area contributed by atoms with E-state index in [2.05, 4.69) is 22.1 Å². The number of carbonyl (C=O) groups excluding carboxylic acids is 1. The van der Waals surface area contributed by atoms with Crippen LogP contribution in [0.3, 0.4) is 0 Å². The van der Waals surface area contributed by atoms with E-state index in [1.54, 1.807) is 13.2 Å². The Morgan fingerprint density at radius 3 is 2.74 bits per heavy atom. The molecule has 7 nitrogen and oxygen atoms in total. The van der Waals surface area contributed by atoms with E-state index in [1.807, 2.05) is 66.9 Å². The molecule has 3 rings (SSSR count). The molecule has 1 amide bonds. The largest absolute Gasteiger partial charge is 0.497 e. The number of amides is 1.